The predicted octanol–water partition coefficient (Wildman–Crippen LogP) is 9.41. The summed E-state index contributed by atoms with van der Waals surface area (Å²) in [5, 5.41) is 42.5. The Hall–Kier alpha value is -5.72. The number of phenolic OH excluding ortho intramolecular Hbond substituents is 1. The normalized spacial score (nSPS) is 13.1. The number of hydrogen-bond acceptors (Lipinski definition) is 16. The van der Waals surface area contributed by atoms with Crippen molar-refractivity contribution in [2.24, 2.45) is 5.92 Å². The van der Waals surface area contributed by atoms with Crippen LogP contribution in [-0.2, 0) is 46.4 Å². The van der Waals surface area contributed by atoms with Crippen LogP contribution in [0.3, 0.4) is 0 Å². The van der Waals surface area contributed by atoms with Crippen LogP contribution in [0.15, 0.2) is 63.8 Å². The SMILES string of the molecule is [B]CC(=O)N(CCNC(=O)CN(CCOP(=O)(O)OCCCCCCCCCCCCCCCC)C(=O)C[B])CC(=O)NCCCCCCOP(=O)(O)OCC(CO)CCCCNC(=S)Nc1ccc(-c2c3ccc(=O)cc-3oc3cc(O)ccc23)c(C(=O)O)c1. The maximum Gasteiger partial charge on any atom is 0.472 e. The monoisotopic (exact) mass is 1320 g/mol. The topological polar surface area (TPSA) is 342 Å². The van der Waals surface area contributed by atoms with Gasteiger partial charge in [0.1, 0.15) is 17.1 Å². The molecular formula is C62H92B2N6O18P2S. The average molecular weight is 1330 g/mol. The molecule has 4 rings (SSSR count). The Kier molecular flexibility index (Phi) is 36.9. The molecule has 2 aromatic carbocycles. The molecule has 29 heteroatoms. The van der Waals surface area contributed by atoms with Crippen LogP contribution in [0.25, 0.3) is 33.4 Å². The number of amides is 4. The third-order valence-electron chi connectivity index (χ3n) is 15.0. The molecule has 9 N–H and O–H groups in total. The van der Waals surface area contributed by atoms with Gasteiger partial charge in [0.05, 0.1) is 60.8 Å². The number of hydrogen-bond donors (Lipinski definition) is 9. The first-order valence-corrected chi connectivity index (χ1v) is 35.0. The third-order valence-corrected chi connectivity index (χ3v) is 17.2. The number of aromatic carboxylic acids is 1. The van der Waals surface area contributed by atoms with Crippen LogP contribution in [-0.4, -0.2) is 164 Å². The Balaban J connectivity index is 1.03. The summed E-state index contributed by atoms with van der Waals surface area (Å²) >= 11 is 5.47. The van der Waals surface area contributed by atoms with Gasteiger partial charge in [0.15, 0.2) is 10.5 Å². The predicted molar refractivity (Wildman–Crippen MR) is 354 cm³/mol. The highest BCUT2D eigenvalue weighted by Crippen LogP contribution is 2.45. The molecule has 0 fully saturated rings. The summed E-state index contributed by atoms with van der Waals surface area (Å²) in [7, 11) is 2.28. The van der Waals surface area contributed by atoms with Gasteiger partial charge >= 0.3 is 21.6 Å². The average Bonchev–Trinajstić information content (AvgIpc) is 0.756. The number of anilines is 1. The second-order valence-corrected chi connectivity index (χ2v) is 25.6. The van der Waals surface area contributed by atoms with E-state index >= 15 is 0 Å². The van der Waals surface area contributed by atoms with Crippen molar-refractivity contribution in [2.45, 2.75) is 154 Å². The number of thiocarbonyl (C=S) groups is 1. The van der Waals surface area contributed by atoms with Gasteiger partial charge in [-0.15, -0.1) is 0 Å². The lowest BCUT2D eigenvalue weighted by Gasteiger charge is -2.24. The fourth-order valence-corrected chi connectivity index (χ4v) is 11.8. The zero-order chi connectivity index (χ0) is 66.4. The van der Waals surface area contributed by atoms with E-state index in [4.69, 9.17) is 50.4 Å². The van der Waals surface area contributed by atoms with Crippen molar-refractivity contribution in [1.29, 1.82) is 0 Å². The standard InChI is InChI=1S/C62H92B2N6O18P2S/c1-2-3-4-5-6-7-8-9-10-11-12-13-15-20-34-84-89(80,81)86-36-33-70(59(77)41-64)43-57(75)66-31-32-69(58(76)40-63)42-56(74)65-29-18-14-16-21-35-85-90(82,83)87-45-46(44-71)22-17-19-30-67-62(91)68-47-23-26-50(53(37-47)61(78)79)60-51-27-24-48(72)38-54(51)88-55-39-49(73)25-28-52(55)60/h23-28,37-39,46,71-72H,2-22,29-36,40-45H2,1H3,(H,65,74)(H,66,75)(H,78,79)(H,80,81)(H,82,83)(H2,67,68,91). The summed E-state index contributed by atoms with van der Waals surface area (Å²) in [5.41, 5.74) is 1.66. The number of aliphatic hydroxyl groups excluding tert-OH is 1. The largest absolute Gasteiger partial charge is 0.508 e. The van der Waals surface area contributed by atoms with Gasteiger partial charge in [0.2, 0.25) is 23.6 Å². The minimum Gasteiger partial charge on any atom is -0.508 e. The number of phosphoric acid groups is 2. The summed E-state index contributed by atoms with van der Waals surface area (Å²) in [6, 6.07) is 13.4. The van der Waals surface area contributed by atoms with Crippen molar-refractivity contribution in [3.05, 3.63) is 70.4 Å². The molecule has 1 aliphatic heterocycles. The number of aromatic hydroxyl groups is 1. The maximum absolute atomic E-state index is 12.8. The molecule has 0 saturated carbocycles. The fourth-order valence-electron chi connectivity index (χ4n) is 9.97. The first kappa shape index (κ1) is 77.7. The molecule has 1 aliphatic carbocycles. The number of carbonyl (C=O) groups excluding carboxylic acids is 4. The Morgan fingerprint density at radius 2 is 1.15 bits per heavy atom. The smallest absolute Gasteiger partial charge is 0.472 e. The van der Waals surface area contributed by atoms with Crippen molar-refractivity contribution in [1.82, 2.24) is 25.8 Å². The molecule has 4 radical (unpaired) electrons. The minimum atomic E-state index is -4.43. The molecule has 2 aromatic rings. The summed E-state index contributed by atoms with van der Waals surface area (Å²) in [6.07, 6.45) is 19.4. The van der Waals surface area contributed by atoms with Gasteiger partial charge in [-0.05, 0) is 98.9 Å². The number of nitrogens with one attached hydrogen (secondary N) is 4. The van der Waals surface area contributed by atoms with Gasteiger partial charge in [-0.3, -0.25) is 42.1 Å². The van der Waals surface area contributed by atoms with E-state index in [1.54, 1.807) is 24.3 Å². The van der Waals surface area contributed by atoms with Crippen molar-refractivity contribution < 1.29 is 80.7 Å². The molecule has 3 unspecified atom stereocenters. The van der Waals surface area contributed by atoms with Crippen LogP contribution in [0, 0.1) is 5.92 Å². The minimum absolute atomic E-state index is 0.0406. The lowest BCUT2D eigenvalue weighted by atomic mass is 9.90. The van der Waals surface area contributed by atoms with E-state index in [-0.39, 0.29) is 92.3 Å². The number of carbonyl (C=O) groups is 5. The summed E-state index contributed by atoms with van der Waals surface area (Å²) < 4.78 is 51.4. The number of rotatable bonds is 49. The van der Waals surface area contributed by atoms with E-state index in [0.717, 1.165) is 24.2 Å². The van der Waals surface area contributed by atoms with E-state index < -0.39 is 77.0 Å². The molecule has 0 saturated heterocycles. The van der Waals surface area contributed by atoms with E-state index in [9.17, 15) is 63.0 Å². The quantitative estimate of drug-likeness (QED) is 0.00653. The highest BCUT2D eigenvalue weighted by Gasteiger charge is 2.26. The fraction of sp³-hybridized carbons (Fsp3) is 0.597. The zero-order valence-corrected chi connectivity index (χ0v) is 55.0. The van der Waals surface area contributed by atoms with Gasteiger partial charge in [0, 0.05) is 79.6 Å². The van der Waals surface area contributed by atoms with E-state index in [1.807, 2.05) is 0 Å². The number of carboxylic acid groups (broad SMARTS) is 1. The lowest BCUT2D eigenvalue weighted by Crippen LogP contribution is -2.46. The van der Waals surface area contributed by atoms with Crippen LogP contribution < -0.4 is 26.7 Å². The molecule has 3 atom stereocenters. The van der Waals surface area contributed by atoms with Gasteiger partial charge in [-0.25, -0.2) is 13.9 Å². The zero-order valence-electron chi connectivity index (χ0n) is 52.4. The van der Waals surface area contributed by atoms with Crippen molar-refractivity contribution in [3.63, 3.8) is 0 Å². The molecular weight excluding hydrogens is 1230 g/mol. The number of phenols is 1. The number of aliphatic hydroxyl groups is 1. The van der Waals surface area contributed by atoms with Crippen LogP contribution in [0.1, 0.15) is 152 Å². The summed E-state index contributed by atoms with van der Waals surface area (Å²) in [5.74, 6) is -3.75. The second-order valence-electron chi connectivity index (χ2n) is 22.3. The van der Waals surface area contributed by atoms with Crippen LogP contribution >= 0.6 is 27.9 Å². The summed E-state index contributed by atoms with van der Waals surface area (Å²) in [6.45, 7) is 0.765. The van der Waals surface area contributed by atoms with E-state index in [0.29, 0.717) is 85.7 Å². The number of fused-ring (bicyclic) bond motifs is 2. The molecule has 0 aromatic heterocycles. The van der Waals surface area contributed by atoms with Gasteiger partial charge < -0.3 is 60.6 Å². The van der Waals surface area contributed by atoms with Crippen molar-refractivity contribution in [2.75, 3.05) is 84.2 Å². The molecule has 1 heterocycles. The molecule has 91 heavy (non-hydrogen) atoms. The van der Waals surface area contributed by atoms with Crippen molar-refractivity contribution >= 4 is 94.9 Å². The van der Waals surface area contributed by atoms with Crippen LogP contribution in [0.4, 0.5) is 5.69 Å². The Labute approximate surface area is 542 Å². The Morgan fingerprint density at radius 3 is 1.75 bits per heavy atom. The number of unbranched alkanes of at least 4 members (excludes halogenated alkanes) is 17. The Morgan fingerprint density at radius 1 is 0.626 bits per heavy atom. The first-order chi connectivity index (χ1) is 43.7. The van der Waals surface area contributed by atoms with Gasteiger partial charge in [-0.1, -0.05) is 116 Å². The number of benzene rings is 3. The second kappa shape index (κ2) is 43.2. The number of phosphoric ester groups is 2. The molecule has 500 valence electrons. The Bertz CT molecular complexity index is 3040. The van der Waals surface area contributed by atoms with E-state index in [2.05, 4.69) is 28.2 Å². The first-order valence-electron chi connectivity index (χ1n) is 31.7. The highest BCUT2D eigenvalue weighted by atomic mass is 32.1. The van der Waals surface area contributed by atoms with Crippen molar-refractivity contribution in [3.8, 4) is 28.2 Å². The van der Waals surface area contributed by atoms with Crippen LogP contribution in [0.2, 0.25) is 12.6 Å². The molecule has 0 spiro atoms. The molecule has 2 aliphatic rings. The summed E-state index contributed by atoms with van der Waals surface area (Å²) in [4.78, 5) is 98.1. The number of nitrogens with zero attached hydrogens (tertiary/aromatic N) is 2. The van der Waals surface area contributed by atoms with E-state index in [1.165, 1.54) is 99.4 Å². The third kappa shape index (κ3) is 30.7. The maximum atomic E-state index is 12.8. The highest BCUT2D eigenvalue weighted by molar-refractivity contribution is 7.80. The van der Waals surface area contributed by atoms with Gasteiger partial charge in [0.25, 0.3) is 0 Å². The van der Waals surface area contributed by atoms with Crippen LogP contribution in [0.5, 0.6) is 5.75 Å². The number of carboxylic acids is 1. The molecule has 24 nitrogen and oxygen atoms in total. The molecule has 4 amide bonds. The lowest BCUT2D eigenvalue weighted by molar-refractivity contribution is -0.135. The van der Waals surface area contributed by atoms with Gasteiger partial charge in [-0.2, -0.15) is 0 Å². The molecule has 0 bridgehead atoms.